The van der Waals surface area contributed by atoms with Crippen molar-refractivity contribution in [1.29, 1.82) is 0 Å². The second-order valence-corrected chi connectivity index (χ2v) is 3.71. The molecule has 1 heterocycles. The Morgan fingerprint density at radius 3 is 3.00 bits per heavy atom. The SMILES string of the molecule is CC1=NB(O)c2ccc(CC(=O)O)cc2N1. The van der Waals surface area contributed by atoms with Gasteiger partial charge in [0.1, 0.15) is 0 Å². The van der Waals surface area contributed by atoms with Crippen LogP contribution in [0.3, 0.4) is 0 Å². The Labute approximate surface area is 93.0 Å². The Hall–Kier alpha value is -1.82. The number of nitrogens with zero attached hydrogens (tertiary/aromatic N) is 1. The van der Waals surface area contributed by atoms with Crippen LogP contribution in [0.15, 0.2) is 23.1 Å². The summed E-state index contributed by atoms with van der Waals surface area (Å²) < 4.78 is 0. The molecule has 0 bridgehead atoms. The van der Waals surface area contributed by atoms with Crippen molar-refractivity contribution in [3.05, 3.63) is 23.8 Å². The van der Waals surface area contributed by atoms with Gasteiger partial charge in [-0.15, -0.1) is 0 Å². The standard InChI is InChI=1S/C10H11BN2O3/c1-6-12-9-4-7(5-10(14)15)2-3-8(9)11(16)13-6/h2-4,16H,5H2,1H3,(H,12,13)(H,14,15). The number of nitrogens with one attached hydrogen (secondary N) is 1. The van der Waals surface area contributed by atoms with Gasteiger partial charge in [-0.25, -0.2) is 0 Å². The molecule has 0 spiro atoms. The Bertz CT molecular complexity index is 473. The number of amidine groups is 1. The van der Waals surface area contributed by atoms with Gasteiger partial charge in [-0.2, -0.15) is 0 Å². The van der Waals surface area contributed by atoms with Gasteiger partial charge >= 0.3 is 13.0 Å². The molecule has 2 rings (SSSR count). The van der Waals surface area contributed by atoms with Crippen molar-refractivity contribution < 1.29 is 14.9 Å². The molecule has 0 aromatic heterocycles. The minimum Gasteiger partial charge on any atom is -0.481 e. The fourth-order valence-corrected chi connectivity index (χ4v) is 1.70. The van der Waals surface area contributed by atoms with E-state index < -0.39 is 13.0 Å². The van der Waals surface area contributed by atoms with Gasteiger partial charge in [-0.1, -0.05) is 12.1 Å². The second-order valence-electron chi connectivity index (χ2n) is 3.71. The number of hydrogen-bond acceptors (Lipinski definition) is 4. The predicted octanol–water partition coefficient (Wildman–Crippen LogP) is -0.155. The molecule has 0 saturated carbocycles. The van der Waals surface area contributed by atoms with Gasteiger partial charge in [0.15, 0.2) is 0 Å². The van der Waals surface area contributed by atoms with Crippen LogP contribution in [-0.2, 0) is 11.2 Å². The Kier molecular flexibility index (Phi) is 2.66. The monoisotopic (exact) mass is 218 g/mol. The minimum absolute atomic E-state index is 0.0265. The lowest BCUT2D eigenvalue weighted by Gasteiger charge is -2.18. The molecule has 1 aromatic rings. The molecule has 0 amide bonds. The largest absolute Gasteiger partial charge is 0.481 e. The zero-order valence-electron chi connectivity index (χ0n) is 8.77. The molecule has 1 aliphatic rings. The van der Waals surface area contributed by atoms with Crippen molar-refractivity contribution in [1.82, 2.24) is 0 Å². The van der Waals surface area contributed by atoms with Crippen molar-refractivity contribution in [2.24, 2.45) is 4.90 Å². The summed E-state index contributed by atoms with van der Waals surface area (Å²) in [4.78, 5) is 14.5. The van der Waals surface area contributed by atoms with Gasteiger partial charge in [0, 0.05) is 5.69 Å². The van der Waals surface area contributed by atoms with Gasteiger partial charge in [-0.05, 0) is 24.0 Å². The smallest absolute Gasteiger partial charge is 0.471 e. The maximum absolute atomic E-state index is 10.6. The van der Waals surface area contributed by atoms with E-state index >= 15 is 0 Å². The number of carboxylic acid groups (broad SMARTS) is 1. The van der Waals surface area contributed by atoms with E-state index in [1.54, 1.807) is 25.1 Å². The second kappa shape index (κ2) is 3.98. The highest BCUT2D eigenvalue weighted by Crippen LogP contribution is 2.13. The highest BCUT2D eigenvalue weighted by atomic mass is 16.4. The van der Waals surface area contributed by atoms with Crippen LogP contribution in [0, 0.1) is 0 Å². The topological polar surface area (TPSA) is 81.9 Å². The lowest BCUT2D eigenvalue weighted by molar-refractivity contribution is -0.136. The summed E-state index contributed by atoms with van der Waals surface area (Å²) in [5, 5.41) is 21.3. The Morgan fingerprint density at radius 2 is 2.31 bits per heavy atom. The van der Waals surface area contributed by atoms with Gasteiger partial charge in [0.05, 0.1) is 12.3 Å². The molecule has 0 radical (unpaired) electrons. The van der Waals surface area contributed by atoms with E-state index in [4.69, 9.17) is 5.11 Å². The third kappa shape index (κ3) is 2.06. The average Bonchev–Trinajstić information content (AvgIpc) is 2.15. The number of fused-ring (bicyclic) bond motifs is 1. The molecule has 5 nitrogen and oxygen atoms in total. The molecular weight excluding hydrogens is 207 g/mol. The highest BCUT2D eigenvalue weighted by molar-refractivity contribution is 6.68. The summed E-state index contributed by atoms with van der Waals surface area (Å²) >= 11 is 0. The first kappa shape index (κ1) is 10.7. The van der Waals surface area contributed by atoms with Gasteiger partial charge < -0.3 is 15.4 Å². The summed E-state index contributed by atoms with van der Waals surface area (Å²) in [5.74, 6) is -0.255. The van der Waals surface area contributed by atoms with E-state index in [0.29, 0.717) is 16.9 Å². The van der Waals surface area contributed by atoms with E-state index in [2.05, 4.69) is 10.2 Å². The Morgan fingerprint density at radius 1 is 1.56 bits per heavy atom. The first-order chi connectivity index (χ1) is 7.56. The lowest BCUT2D eigenvalue weighted by Crippen LogP contribution is -2.38. The zero-order chi connectivity index (χ0) is 11.7. The van der Waals surface area contributed by atoms with E-state index in [0.717, 1.165) is 5.69 Å². The summed E-state index contributed by atoms with van der Waals surface area (Å²) in [6, 6.07) is 5.11. The van der Waals surface area contributed by atoms with Crippen LogP contribution < -0.4 is 10.8 Å². The lowest BCUT2D eigenvalue weighted by atomic mass is 9.72. The summed E-state index contributed by atoms with van der Waals surface area (Å²) in [6.07, 6.45) is -0.0265. The molecule has 6 heteroatoms. The van der Waals surface area contributed by atoms with E-state index in [9.17, 15) is 9.82 Å². The molecule has 1 aliphatic heterocycles. The number of benzene rings is 1. The van der Waals surface area contributed by atoms with Crippen molar-refractivity contribution in [3.8, 4) is 0 Å². The summed E-state index contributed by atoms with van der Waals surface area (Å²) in [5.41, 5.74) is 2.08. The van der Waals surface area contributed by atoms with Crippen molar-refractivity contribution in [2.75, 3.05) is 5.32 Å². The third-order valence-electron chi connectivity index (χ3n) is 2.38. The fourth-order valence-electron chi connectivity index (χ4n) is 1.70. The van der Waals surface area contributed by atoms with Crippen LogP contribution in [0.5, 0.6) is 0 Å². The van der Waals surface area contributed by atoms with E-state index in [1.807, 2.05) is 0 Å². The predicted molar refractivity (Wildman–Crippen MR) is 62.1 cm³/mol. The molecule has 0 atom stereocenters. The summed E-state index contributed by atoms with van der Waals surface area (Å²) in [6.45, 7) is 1.75. The highest BCUT2D eigenvalue weighted by Gasteiger charge is 2.23. The van der Waals surface area contributed by atoms with Crippen LogP contribution >= 0.6 is 0 Å². The maximum Gasteiger partial charge on any atom is 0.471 e. The quantitative estimate of drug-likeness (QED) is 0.602. The number of anilines is 1. The fraction of sp³-hybridized carbons (Fsp3) is 0.200. The number of carbonyl (C=O) groups is 1. The van der Waals surface area contributed by atoms with Crippen molar-refractivity contribution in [2.45, 2.75) is 13.3 Å². The van der Waals surface area contributed by atoms with Crippen LogP contribution in [0.4, 0.5) is 5.69 Å². The van der Waals surface area contributed by atoms with Gasteiger partial charge in [0.25, 0.3) is 0 Å². The van der Waals surface area contributed by atoms with Crippen molar-refractivity contribution in [3.63, 3.8) is 0 Å². The molecule has 16 heavy (non-hydrogen) atoms. The normalized spacial score (nSPS) is 13.9. The molecule has 3 N–H and O–H groups in total. The van der Waals surface area contributed by atoms with Gasteiger partial charge in [0.2, 0.25) is 0 Å². The molecule has 0 fully saturated rings. The van der Waals surface area contributed by atoms with Gasteiger partial charge in [-0.3, -0.25) is 9.70 Å². The molecule has 0 saturated heterocycles. The van der Waals surface area contributed by atoms with Crippen LogP contribution in [0.2, 0.25) is 0 Å². The first-order valence-electron chi connectivity index (χ1n) is 4.90. The number of aliphatic carboxylic acids is 1. The molecular formula is C10H11BN2O3. The summed E-state index contributed by atoms with van der Waals surface area (Å²) in [7, 11) is -0.866. The molecule has 0 unspecified atom stereocenters. The Balaban J connectivity index is 2.34. The van der Waals surface area contributed by atoms with E-state index in [1.165, 1.54) is 0 Å². The third-order valence-corrected chi connectivity index (χ3v) is 2.38. The molecule has 1 aromatic carbocycles. The van der Waals surface area contributed by atoms with Crippen LogP contribution in [0.25, 0.3) is 0 Å². The molecule has 0 aliphatic carbocycles. The maximum atomic E-state index is 10.6. The van der Waals surface area contributed by atoms with Crippen LogP contribution in [0.1, 0.15) is 12.5 Å². The average molecular weight is 218 g/mol. The minimum atomic E-state index is -0.873. The molecule has 82 valence electrons. The van der Waals surface area contributed by atoms with Crippen LogP contribution in [-0.4, -0.2) is 29.0 Å². The van der Waals surface area contributed by atoms with E-state index in [-0.39, 0.29) is 6.42 Å². The number of hydrogen-bond donors (Lipinski definition) is 3. The zero-order valence-corrected chi connectivity index (χ0v) is 8.77. The first-order valence-corrected chi connectivity index (χ1v) is 4.90. The number of rotatable bonds is 2. The number of carboxylic acids is 1. The van der Waals surface area contributed by atoms with Crippen molar-refractivity contribution >= 4 is 30.0 Å².